The molecule has 1 unspecified atom stereocenters. The van der Waals surface area contributed by atoms with Gasteiger partial charge in [0.25, 0.3) is 5.91 Å². The molecule has 0 aromatic heterocycles. The van der Waals surface area contributed by atoms with Gasteiger partial charge in [0, 0.05) is 74.1 Å². The smallest absolute Gasteiger partial charge is 0.251 e. The van der Waals surface area contributed by atoms with Crippen molar-refractivity contribution in [1.29, 1.82) is 0 Å². The van der Waals surface area contributed by atoms with Crippen molar-refractivity contribution >= 4 is 17.5 Å². The van der Waals surface area contributed by atoms with Gasteiger partial charge in [0.15, 0.2) is 0 Å². The first-order valence-corrected chi connectivity index (χ1v) is 21.4. The Morgan fingerprint density at radius 1 is 1.03 bits per heavy atom. The molecule has 2 aliphatic heterocycles. The van der Waals surface area contributed by atoms with Crippen LogP contribution in [0.25, 0.3) is 11.1 Å². The fourth-order valence-corrected chi connectivity index (χ4v) is 10.4. The van der Waals surface area contributed by atoms with E-state index in [9.17, 15) is 19.8 Å². The number of carbonyl (C=O) groups is 2. The van der Waals surface area contributed by atoms with Crippen molar-refractivity contribution in [2.45, 2.75) is 83.8 Å². The highest BCUT2D eigenvalue weighted by atomic mass is 16.7. The van der Waals surface area contributed by atoms with E-state index in [2.05, 4.69) is 48.4 Å². The molecule has 0 spiro atoms. The number of benzene rings is 3. The normalized spacial score (nSPS) is 27.6. The number of hydrogen-bond donors (Lipinski definition) is 4. The number of fused-ring (bicyclic) bond motifs is 2. The summed E-state index contributed by atoms with van der Waals surface area (Å²) in [6, 6.07) is 21.0. The van der Waals surface area contributed by atoms with E-state index in [0.717, 1.165) is 47.5 Å². The number of rotatable bonds is 15. The largest absolute Gasteiger partial charge is 0.496 e. The number of para-hydroxylation sites is 1. The number of amides is 2. The van der Waals surface area contributed by atoms with Gasteiger partial charge in [0.2, 0.25) is 5.91 Å². The number of ether oxygens (including phenoxy) is 2. The van der Waals surface area contributed by atoms with Crippen LogP contribution in [0.15, 0.2) is 66.7 Å². The van der Waals surface area contributed by atoms with Crippen LogP contribution in [0, 0.1) is 29.1 Å². The van der Waals surface area contributed by atoms with Gasteiger partial charge in [-0.1, -0.05) is 69.3 Å². The van der Waals surface area contributed by atoms with E-state index in [1.807, 2.05) is 73.6 Å². The molecule has 5 fully saturated rings. The number of aliphatic hydroxyl groups excluding tert-OH is 2. The molecular formula is C47H65N5O7. The minimum Gasteiger partial charge on any atom is -0.496 e. The summed E-state index contributed by atoms with van der Waals surface area (Å²) in [6.07, 6.45) is 1.16. The quantitative estimate of drug-likeness (QED) is 0.170. The molecule has 0 radical (unpaired) electrons. The van der Waals surface area contributed by atoms with Crippen LogP contribution in [-0.4, -0.2) is 123 Å². The van der Waals surface area contributed by atoms with Crippen LogP contribution in [0.2, 0.25) is 0 Å². The summed E-state index contributed by atoms with van der Waals surface area (Å²) in [6.45, 7) is 12.1. The van der Waals surface area contributed by atoms with Crippen LogP contribution in [-0.2, 0) is 27.3 Å². The SMILES string of the molecule is COc1c(CN2O[C@@H](CO)C([C@H](C)O)[C@H]2C(=O)N[C@H]2C[C@H]3C[C@@H]([C@@H]2C)C3(C)C)cccc1-c1cc(C(=O)N[C@@H](Cc2ccccc2)CN2CCOCC2)cc(N(C)C)c1. The maximum atomic E-state index is 14.3. The van der Waals surface area contributed by atoms with Crippen molar-refractivity contribution < 1.29 is 34.1 Å². The van der Waals surface area contributed by atoms with Gasteiger partial charge in [-0.15, -0.1) is 0 Å². The summed E-state index contributed by atoms with van der Waals surface area (Å²) < 4.78 is 11.7. The van der Waals surface area contributed by atoms with Gasteiger partial charge in [-0.05, 0) is 78.7 Å². The average molecular weight is 812 g/mol. The molecule has 2 amide bonds. The Morgan fingerprint density at radius 2 is 1.78 bits per heavy atom. The highest BCUT2D eigenvalue weighted by Gasteiger charge is 2.57. The van der Waals surface area contributed by atoms with Crippen LogP contribution < -0.4 is 20.3 Å². The summed E-state index contributed by atoms with van der Waals surface area (Å²) in [5.41, 5.74) is 5.16. The second kappa shape index (κ2) is 18.3. The number of anilines is 1. The highest BCUT2D eigenvalue weighted by Crippen LogP contribution is 2.61. The van der Waals surface area contributed by atoms with Crippen molar-refractivity contribution in [3.63, 3.8) is 0 Å². The minimum atomic E-state index is -0.906. The number of nitrogens with zero attached hydrogens (tertiary/aromatic N) is 3. The lowest BCUT2D eigenvalue weighted by Crippen LogP contribution is -2.62. The van der Waals surface area contributed by atoms with Crippen LogP contribution in [0.5, 0.6) is 5.75 Å². The molecule has 12 nitrogen and oxygen atoms in total. The minimum absolute atomic E-state index is 0.0326. The zero-order valence-electron chi connectivity index (χ0n) is 35.9. The lowest BCUT2D eigenvalue weighted by molar-refractivity contribution is -0.183. The van der Waals surface area contributed by atoms with Crippen molar-refractivity contribution in [1.82, 2.24) is 20.6 Å². The molecule has 2 bridgehead atoms. The Labute approximate surface area is 350 Å². The lowest BCUT2D eigenvalue weighted by atomic mass is 9.45. The maximum Gasteiger partial charge on any atom is 0.251 e. The molecule has 12 heteroatoms. The monoisotopic (exact) mass is 811 g/mol. The van der Waals surface area contributed by atoms with Crippen molar-refractivity contribution in [3.8, 4) is 16.9 Å². The highest BCUT2D eigenvalue weighted by molar-refractivity contribution is 5.97. The van der Waals surface area contributed by atoms with Gasteiger partial charge in [0.05, 0.1) is 39.6 Å². The fourth-order valence-electron chi connectivity index (χ4n) is 10.4. The van der Waals surface area contributed by atoms with E-state index in [1.54, 1.807) is 19.1 Å². The topological polar surface area (TPSA) is 136 Å². The summed E-state index contributed by atoms with van der Waals surface area (Å²) in [7, 11) is 5.53. The summed E-state index contributed by atoms with van der Waals surface area (Å²) in [4.78, 5) is 39.2. The maximum absolute atomic E-state index is 14.3. The average Bonchev–Trinajstić information content (AvgIpc) is 3.60. The molecule has 59 heavy (non-hydrogen) atoms. The van der Waals surface area contributed by atoms with E-state index in [1.165, 1.54) is 6.42 Å². The third-order valence-electron chi connectivity index (χ3n) is 13.9. The number of hydroxylamine groups is 2. The molecule has 2 heterocycles. The number of hydrogen-bond acceptors (Lipinski definition) is 10. The molecule has 2 saturated heterocycles. The Bertz CT molecular complexity index is 1920. The van der Waals surface area contributed by atoms with Crippen LogP contribution in [0.3, 0.4) is 0 Å². The summed E-state index contributed by atoms with van der Waals surface area (Å²) in [5, 5.41) is 29.8. The van der Waals surface area contributed by atoms with Gasteiger partial charge in [-0.3, -0.25) is 19.3 Å². The third kappa shape index (κ3) is 9.18. The van der Waals surface area contributed by atoms with E-state index in [0.29, 0.717) is 55.2 Å². The first-order chi connectivity index (χ1) is 28.3. The standard InChI is InChI=1S/C47H65N5O7/c1-29-39-24-35(47(39,3)4)25-40(29)49-46(56)43-42(30(2)54)41(28-53)59-52(43)26-32-14-11-15-38(44(32)57-7)33-21-34(23-37(22-33)50(5)6)45(55)48-36(20-31-12-9-8-10-13-31)27-51-16-18-58-19-17-51/h8-15,21-23,29-30,35-36,39-43,53-54H,16-20,24-28H2,1-7H3,(H,48,55)(H,49,56)/t29-,30-,35+,36-,39-,40-,41-,42?,43-/m0/s1. The second-order valence-electron chi connectivity index (χ2n) is 18.2. The molecule has 3 aliphatic carbocycles. The van der Waals surface area contributed by atoms with Crippen LogP contribution in [0.4, 0.5) is 5.69 Å². The number of aliphatic hydroxyl groups is 2. The van der Waals surface area contributed by atoms with E-state index in [-0.39, 0.29) is 42.5 Å². The molecule has 3 saturated carbocycles. The molecule has 320 valence electrons. The first-order valence-electron chi connectivity index (χ1n) is 21.4. The zero-order chi connectivity index (χ0) is 42.0. The zero-order valence-corrected chi connectivity index (χ0v) is 35.9. The third-order valence-corrected chi connectivity index (χ3v) is 13.9. The summed E-state index contributed by atoms with van der Waals surface area (Å²) >= 11 is 0. The van der Waals surface area contributed by atoms with Crippen molar-refractivity contribution in [2.24, 2.45) is 29.1 Å². The number of nitrogens with one attached hydrogen (secondary N) is 2. The first kappa shape index (κ1) is 43.1. The summed E-state index contributed by atoms with van der Waals surface area (Å²) in [5.74, 6) is 1.02. The predicted octanol–water partition coefficient (Wildman–Crippen LogP) is 4.76. The second-order valence-corrected chi connectivity index (χ2v) is 18.2. The molecular weight excluding hydrogens is 747 g/mol. The Hall–Kier alpha value is -4.04. The number of morpholine rings is 1. The lowest BCUT2D eigenvalue weighted by Gasteiger charge is -2.62. The van der Waals surface area contributed by atoms with Gasteiger partial charge in [-0.2, -0.15) is 5.06 Å². The molecule has 9 atom stereocenters. The number of carbonyl (C=O) groups excluding carboxylic acids is 2. The van der Waals surface area contributed by atoms with Crippen molar-refractivity contribution in [2.75, 3.05) is 65.6 Å². The molecule has 3 aromatic carbocycles. The van der Waals surface area contributed by atoms with E-state index >= 15 is 0 Å². The molecule has 3 aromatic rings. The molecule has 4 N–H and O–H groups in total. The van der Waals surface area contributed by atoms with Gasteiger partial charge < -0.3 is 35.2 Å². The Balaban J connectivity index is 1.15. The molecule has 8 rings (SSSR count). The Morgan fingerprint density at radius 3 is 2.42 bits per heavy atom. The van der Waals surface area contributed by atoms with Gasteiger partial charge >= 0.3 is 0 Å². The van der Waals surface area contributed by atoms with E-state index in [4.69, 9.17) is 14.3 Å². The molecule has 5 aliphatic rings. The predicted molar refractivity (Wildman–Crippen MR) is 229 cm³/mol. The van der Waals surface area contributed by atoms with Crippen LogP contribution in [0.1, 0.15) is 62.0 Å². The van der Waals surface area contributed by atoms with Crippen molar-refractivity contribution in [3.05, 3.63) is 83.4 Å². The number of methoxy groups -OCH3 is 1. The fraction of sp³-hybridized carbons (Fsp3) is 0.574. The van der Waals surface area contributed by atoms with Crippen LogP contribution >= 0.6 is 0 Å². The van der Waals surface area contributed by atoms with E-state index < -0.39 is 24.2 Å². The van der Waals surface area contributed by atoms with Gasteiger partial charge in [-0.25, -0.2) is 0 Å². The van der Waals surface area contributed by atoms with Gasteiger partial charge in [0.1, 0.15) is 17.9 Å². The Kier molecular flexibility index (Phi) is 13.4.